The second-order valence-corrected chi connectivity index (χ2v) is 15.4. The average molecular weight is 742 g/mol. The van der Waals surface area contributed by atoms with E-state index in [2.05, 4.69) is 81.1 Å². The minimum absolute atomic E-state index is 0.142. The molecule has 3 aliphatic heterocycles. The van der Waals surface area contributed by atoms with Gasteiger partial charge >= 0.3 is 0 Å². The van der Waals surface area contributed by atoms with Crippen LogP contribution in [0.3, 0.4) is 0 Å². The smallest absolute Gasteiger partial charge is 0.255 e. The minimum Gasteiger partial charge on any atom is -0.508 e. The molecule has 2 saturated heterocycles. The molecule has 4 aromatic rings. The van der Waals surface area contributed by atoms with E-state index in [0.717, 1.165) is 88.5 Å². The standard InChI is InChI=1S/C45H51N5O5/c51-36-12-17-39-33(29-36)10-15-38(31-6-2-1-3-7-31)43(39)32-8-13-37(14-9-32)55-27-26-49-24-22-48(23-25-49)21-5-4-20-46-35-11-16-40-34(28-35)30-50(45(40)54)41-18-19-42(52)47-44(41)53/h1-3,6-9,11-14,16-17,28-29,38,41,43,46,51H,4-5,10,15,18-27,30H2,(H,47,52,53)/t38-,41?,43+/m1/s1. The molecule has 55 heavy (non-hydrogen) atoms. The lowest BCUT2D eigenvalue weighted by atomic mass is 9.69. The lowest BCUT2D eigenvalue weighted by molar-refractivity contribution is -0.136. The number of unbranched alkanes of at least 4 members (excludes halogenated alkanes) is 1. The molecule has 3 atom stereocenters. The number of phenolic OH excluding ortho intramolecular Hbond substituents is 1. The number of carbonyl (C=O) groups is 3. The molecular formula is C45H51N5O5. The van der Waals surface area contributed by atoms with Gasteiger partial charge in [0, 0.05) is 69.4 Å². The van der Waals surface area contributed by atoms with Gasteiger partial charge in [0.25, 0.3) is 5.91 Å². The predicted molar refractivity (Wildman–Crippen MR) is 212 cm³/mol. The van der Waals surface area contributed by atoms with Crippen molar-refractivity contribution < 1.29 is 24.2 Å². The summed E-state index contributed by atoms with van der Waals surface area (Å²) in [6.45, 7) is 8.11. The fourth-order valence-corrected chi connectivity index (χ4v) is 8.96. The van der Waals surface area contributed by atoms with E-state index in [9.17, 15) is 19.5 Å². The lowest BCUT2D eigenvalue weighted by Gasteiger charge is -2.35. The Hall–Kier alpha value is -5.19. The van der Waals surface area contributed by atoms with Crippen molar-refractivity contribution in [3.8, 4) is 11.5 Å². The molecule has 2 fully saturated rings. The number of carbonyl (C=O) groups excluding carboxylic acids is 3. The van der Waals surface area contributed by atoms with Gasteiger partial charge in [0.15, 0.2) is 0 Å². The first-order valence-corrected chi connectivity index (χ1v) is 20.0. The van der Waals surface area contributed by atoms with E-state index >= 15 is 0 Å². The first-order chi connectivity index (χ1) is 26.9. The Labute approximate surface area is 323 Å². The Morgan fingerprint density at radius 1 is 0.764 bits per heavy atom. The van der Waals surface area contributed by atoms with E-state index in [4.69, 9.17) is 4.74 Å². The number of amides is 3. The molecule has 0 saturated carbocycles. The second-order valence-electron chi connectivity index (χ2n) is 15.4. The van der Waals surface area contributed by atoms with Crippen LogP contribution in [-0.4, -0.2) is 96.0 Å². The number of hydrogen-bond acceptors (Lipinski definition) is 8. The van der Waals surface area contributed by atoms with Gasteiger partial charge < -0.3 is 25.0 Å². The van der Waals surface area contributed by atoms with Crippen LogP contribution < -0.4 is 15.4 Å². The molecule has 0 radical (unpaired) electrons. The van der Waals surface area contributed by atoms with Crippen LogP contribution >= 0.6 is 0 Å². The molecule has 10 nitrogen and oxygen atoms in total. The minimum atomic E-state index is -0.591. The number of rotatable bonds is 13. The van der Waals surface area contributed by atoms with Gasteiger partial charge in [-0.3, -0.25) is 24.6 Å². The summed E-state index contributed by atoms with van der Waals surface area (Å²) >= 11 is 0. The summed E-state index contributed by atoms with van der Waals surface area (Å²) in [5, 5.41) is 16.0. The predicted octanol–water partition coefficient (Wildman–Crippen LogP) is 5.90. The molecule has 0 bridgehead atoms. The zero-order valence-corrected chi connectivity index (χ0v) is 31.4. The van der Waals surface area contributed by atoms with Gasteiger partial charge in [0.1, 0.15) is 24.1 Å². The highest BCUT2D eigenvalue weighted by atomic mass is 16.5. The Bertz CT molecular complexity index is 1990. The number of anilines is 1. The van der Waals surface area contributed by atoms with Crippen molar-refractivity contribution in [1.29, 1.82) is 0 Å². The van der Waals surface area contributed by atoms with Crippen molar-refractivity contribution in [2.24, 2.45) is 0 Å². The molecule has 1 unspecified atom stereocenters. The van der Waals surface area contributed by atoms with E-state index in [1.165, 1.54) is 22.3 Å². The topological polar surface area (TPSA) is 114 Å². The van der Waals surface area contributed by atoms with Crippen LogP contribution in [0.2, 0.25) is 0 Å². The lowest BCUT2D eigenvalue weighted by Crippen LogP contribution is -2.52. The number of piperidine rings is 1. The maximum Gasteiger partial charge on any atom is 0.255 e. The quantitative estimate of drug-likeness (QED) is 0.115. The molecule has 3 heterocycles. The molecule has 4 aromatic carbocycles. The number of phenols is 1. The summed E-state index contributed by atoms with van der Waals surface area (Å²) < 4.78 is 6.23. The fraction of sp³-hybridized carbons (Fsp3) is 0.400. The van der Waals surface area contributed by atoms with Crippen LogP contribution in [0.15, 0.2) is 91.0 Å². The van der Waals surface area contributed by atoms with Crippen LogP contribution in [0.4, 0.5) is 5.69 Å². The molecule has 0 spiro atoms. The highest BCUT2D eigenvalue weighted by Crippen LogP contribution is 2.47. The first-order valence-electron chi connectivity index (χ1n) is 20.0. The third-order valence-electron chi connectivity index (χ3n) is 12.0. The number of ether oxygens (including phenoxy) is 1. The van der Waals surface area contributed by atoms with Crippen LogP contribution in [0, 0.1) is 0 Å². The van der Waals surface area contributed by atoms with Gasteiger partial charge in [-0.15, -0.1) is 0 Å². The molecular weight excluding hydrogens is 691 g/mol. The number of hydrogen-bond donors (Lipinski definition) is 3. The van der Waals surface area contributed by atoms with E-state index in [-0.39, 0.29) is 30.1 Å². The summed E-state index contributed by atoms with van der Waals surface area (Å²) in [4.78, 5) is 43.5. The van der Waals surface area contributed by atoms with Crippen LogP contribution in [-0.2, 0) is 22.6 Å². The normalized spacial score (nSPS) is 21.6. The van der Waals surface area contributed by atoms with E-state index < -0.39 is 6.04 Å². The number of nitrogens with zero attached hydrogens (tertiary/aromatic N) is 3. The van der Waals surface area contributed by atoms with E-state index in [1.54, 1.807) is 4.90 Å². The van der Waals surface area contributed by atoms with E-state index in [1.807, 2.05) is 30.3 Å². The van der Waals surface area contributed by atoms with Crippen LogP contribution in [0.1, 0.15) is 82.1 Å². The number of aryl methyl sites for hydroxylation is 1. The van der Waals surface area contributed by atoms with Crippen molar-refractivity contribution in [2.45, 2.75) is 62.9 Å². The molecule has 286 valence electrons. The number of benzene rings is 4. The van der Waals surface area contributed by atoms with Gasteiger partial charge in [0.2, 0.25) is 11.8 Å². The Morgan fingerprint density at radius 3 is 2.33 bits per heavy atom. The van der Waals surface area contributed by atoms with Crippen LogP contribution in [0.25, 0.3) is 0 Å². The third kappa shape index (κ3) is 8.40. The summed E-state index contributed by atoms with van der Waals surface area (Å²) in [5.41, 5.74) is 7.72. The molecule has 0 aromatic heterocycles. The van der Waals surface area contributed by atoms with Crippen molar-refractivity contribution in [3.05, 3.63) is 124 Å². The van der Waals surface area contributed by atoms with Gasteiger partial charge in [0.05, 0.1) is 0 Å². The van der Waals surface area contributed by atoms with E-state index in [0.29, 0.717) is 36.8 Å². The monoisotopic (exact) mass is 741 g/mol. The SMILES string of the molecule is O=C1CCC(N2Cc3cc(NCCCCN4CCN(CCOc5ccc([C@@H]6c7ccc(O)cc7CC[C@@H]6c6ccccc6)cc5)CC4)ccc3C2=O)C(=O)N1. The highest BCUT2D eigenvalue weighted by Gasteiger charge is 2.39. The Kier molecular flexibility index (Phi) is 11.1. The van der Waals surface area contributed by atoms with Crippen molar-refractivity contribution in [2.75, 3.05) is 57.7 Å². The maximum atomic E-state index is 13.0. The summed E-state index contributed by atoms with van der Waals surface area (Å²) in [6.07, 6.45) is 4.80. The number of aromatic hydroxyl groups is 1. The number of imide groups is 1. The largest absolute Gasteiger partial charge is 0.508 e. The van der Waals surface area contributed by atoms with Crippen molar-refractivity contribution >= 4 is 23.4 Å². The summed E-state index contributed by atoms with van der Waals surface area (Å²) in [5.74, 6) is 1.05. The fourth-order valence-electron chi connectivity index (χ4n) is 8.96. The molecule has 10 heteroatoms. The molecule has 3 amide bonds. The van der Waals surface area contributed by atoms with Gasteiger partial charge in [-0.05, 0) is 115 Å². The van der Waals surface area contributed by atoms with Crippen molar-refractivity contribution in [1.82, 2.24) is 20.0 Å². The Balaban J connectivity index is 0.740. The first kappa shape index (κ1) is 36.8. The summed E-state index contributed by atoms with van der Waals surface area (Å²) in [6, 6.07) is 30.6. The number of fused-ring (bicyclic) bond motifs is 2. The maximum absolute atomic E-state index is 13.0. The van der Waals surface area contributed by atoms with Gasteiger partial charge in [-0.2, -0.15) is 0 Å². The number of piperazine rings is 1. The van der Waals surface area contributed by atoms with Crippen molar-refractivity contribution in [3.63, 3.8) is 0 Å². The van der Waals surface area contributed by atoms with Gasteiger partial charge in [-0.1, -0.05) is 48.5 Å². The average Bonchev–Trinajstić information content (AvgIpc) is 3.53. The third-order valence-corrected chi connectivity index (χ3v) is 12.0. The second kappa shape index (κ2) is 16.7. The Morgan fingerprint density at radius 2 is 1.55 bits per heavy atom. The summed E-state index contributed by atoms with van der Waals surface area (Å²) in [7, 11) is 0. The van der Waals surface area contributed by atoms with Gasteiger partial charge in [-0.25, -0.2) is 0 Å². The molecule has 4 aliphatic rings. The van der Waals surface area contributed by atoms with Crippen LogP contribution in [0.5, 0.6) is 11.5 Å². The highest BCUT2D eigenvalue weighted by molar-refractivity contribution is 6.05. The zero-order valence-electron chi connectivity index (χ0n) is 31.4. The zero-order chi connectivity index (χ0) is 37.7. The molecule has 8 rings (SSSR count). The molecule has 1 aliphatic carbocycles. The number of nitrogens with one attached hydrogen (secondary N) is 2. The molecule has 3 N–H and O–H groups in total.